The van der Waals surface area contributed by atoms with Crippen LogP contribution in [0.25, 0.3) is 10.2 Å². The number of piperazine rings is 1. The number of anilines is 2. The molecule has 2 aliphatic rings. The third-order valence-corrected chi connectivity index (χ3v) is 7.52. The Morgan fingerprint density at radius 3 is 2.50 bits per heavy atom. The van der Waals surface area contributed by atoms with E-state index in [1.807, 2.05) is 17.0 Å². The number of rotatable bonds is 3. The molecule has 0 spiro atoms. The third kappa shape index (κ3) is 3.70. The Morgan fingerprint density at radius 2 is 1.77 bits per heavy atom. The molecule has 0 aliphatic carbocycles. The number of nitrogens with zero attached hydrogens (tertiary/aromatic N) is 4. The highest BCUT2D eigenvalue weighted by Gasteiger charge is 2.37. The van der Waals surface area contributed by atoms with Crippen molar-refractivity contribution in [2.45, 2.75) is 0 Å². The molecule has 0 saturated carbocycles. The minimum Gasteiger partial charge on any atom is -0.368 e. The van der Waals surface area contributed by atoms with Crippen molar-refractivity contribution in [3.8, 4) is 0 Å². The Kier molecular flexibility index (Phi) is 5.21. The zero-order chi connectivity index (χ0) is 20.8. The summed E-state index contributed by atoms with van der Waals surface area (Å²) < 4.78 is 14.2. The fourth-order valence-corrected chi connectivity index (χ4v) is 5.24. The fraction of sp³-hybridized carbons (Fsp3) is 0.333. The van der Waals surface area contributed by atoms with Crippen molar-refractivity contribution >= 4 is 61.5 Å². The van der Waals surface area contributed by atoms with Crippen LogP contribution in [0, 0.1) is 11.7 Å². The normalized spacial score (nSPS) is 17.5. The standard InChI is InChI=1S/C21H19Cl2FN4OS/c22-16-3-2-15(10-17(16)23)26-5-7-27(8-6-26)20(29)13-11-28(12-13)21-25-18-4-1-14(24)9-19(18)30-21/h1-4,9-10,13H,5-8,11-12H2. The molecule has 0 radical (unpaired) electrons. The zero-order valence-electron chi connectivity index (χ0n) is 16.0. The maximum Gasteiger partial charge on any atom is 0.229 e. The molecule has 2 aliphatic heterocycles. The van der Waals surface area contributed by atoms with Gasteiger partial charge in [-0.1, -0.05) is 34.5 Å². The average Bonchev–Trinajstić information content (AvgIpc) is 3.11. The molecule has 2 saturated heterocycles. The number of hydrogen-bond donors (Lipinski definition) is 0. The SMILES string of the molecule is O=C(C1CN(c2nc3ccc(F)cc3s2)C1)N1CCN(c2ccc(Cl)c(Cl)c2)CC1. The second kappa shape index (κ2) is 7.87. The molecule has 9 heteroatoms. The largest absolute Gasteiger partial charge is 0.368 e. The molecule has 30 heavy (non-hydrogen) atoms. The molecular formula is C21H19Cl2FN4OS. The summed E-state index contributed by atoms with van der Waals surface area (Å²) in [6, 6.07) is 10.3. The molecule has 156 valence electrons. The van der Waals surface area contributed by atoms with E-state index in [0.29, 0.717) is 36.2 Å². The molecule has 1 aromatic heterocycles. The molecule has 5 nitrogen and oxygen atoms in total. The number of carbonyl (C=O) groups is 1. The first-order valence-electron chi connectivity index (χ1n) is 9.78. The summed E-state index contributed by atoms with van der Waals surface area (Å²) >= 11 is 13.6. The Hall–Kier alpha value is -2.09. The van der Waals surface area contributed by atoms with Gasteiger partial charge in [-0.05, 0) is 36.4 Å². The van der Waals surface area contributed by atoms with Crippen molar-refractivity contribution in [2.75, 3.05) is 49.1 Å². The monoisotopic (exact) mass is 464 g/mol. The van der Waals surface area contributed by atoms with E-state index in [-0.39, 0.29) is 17.6 Å². The van der Waals surface area contributed by atoms with Crippen LogP contribution in [0.1, 0.15) is 0 Å². The van der Waals surface area contributed by atoms with Gasteiger partial charge in [-0.15, -0.1) is 0 Å². The van der Waals surface area contributed by atoms with Gasteiger partial charge in [0.15, 0.2) is 5.13 Å². The summed E-state index contributed by atoms with van der Waals surface area (Å²) in [5.41, 5.74) is 1.82. The zero-order valence-corrected chi connectivity index (χ0v) is 18.4. The first-order valence-corrected chi connectivity index (χ1v) is 11.3. The van der Waals surface area contributed by atoms with Gasteiger partial charge >= 0.3 is 0 Å². The lowest BCUT2D eigenvalue weighted by molar-refractivity contribution is -0.136. The Balaban J connectivity index is 1.16. The van der Waals surface area contributed by atoms with Crippen LogP contribution in [-0.4, -0.2) is 55.1 Å². The molecule has 3 aromatic rings. The first-order chi connectivity index (χ1) is 14.5. The van der Waals surface area contributed by atoms with Gasteiger partial charge < -0.3 is 14.7 Å². The highest BCUT2D eigenvalue weighted by Crippen LogP contribution is 2.34. The molecule has 3 heterocycles. The van der Waals surface area contributed by atoms with Crippen LogP contribution < -0.4 is 9.80 Å². The van der Waals surface area contributed by atoms with Gasteiger partial charge in [0.05, 0.1) is 26.2 Å². The smallest absolute Gasteiger partial charge is 0.229 e. The van der Waals surface area contributed by atoms with E-state index in [4.69, 9.17) is 23.2 Å². The van der Waals surface area contributed by atoms with Gasteiger partial charge in [0.2, 0.25) is 5.91 Å². The first kappa shape index (κ1) is 19.8. The average molecular weight is 465 g/mol. The van der Waals surface area contributed by atoms with Crippen LogP contribution in [0.15, 0.2) is 36.4 Å². The number of aromatic nitrogens is 1. The summed E-state index contributed by atoms with van der Waals surface area (Å²) in [6.07, 6.45) is 0. The lowest BCUT2D eigenvalue weighted by Crippen LogP contribution is -2.58. The van der Waals surface area contributed by atoms with Gasteiger partial charge in [-0.3, -0.25) is 4.79 Å². The maximum atomic E-state index is 13.4. The quantitative estimate of drug-likeness (QED) is 0.570. The number of amides is 1. The highest BCUT2D eigenvalue weighted by atomic mass is 35.5. The van der Waals surface area contributed by atoms with Crippen molar-refractivity contribution < 1.29 is 9.18 Å². The van der Waals surface area contributed by atoms with Crippen molar-refractivity contribution in [3.63, 3.8) is 0 Å². The number of hydrogen-bond acceptors (Lipinski definition) is 5. The molecule has 0 N–H and O–H groups in total. The van der Waals surface area contributed by atoms with Crippen LogP contribution in [0.5, 0.6) is 0 Å². The molecular weight excluding hydrogens is 446 g/mol. The van der Waals surface area contributed by atoms with E-state index in [1.165, 1.54) is 23.5 Å². The van der Waals surface area contributed by atoms with Gasteiger partial charge in [-0.25, -0.2) is 9.37 Å². The minimum absolute atomic E-state index is 0.00900. The number of carbonyl (C=O) groups excluding carboxylic acids is 1. The van der Waals surface area contributed by atoms with Gasteiger partial charge in [0, 0.05) is 45.0 Å². The maximum absolute atomic E-state index is 13.4. The fourth-order valence-electron chi connectivity index (χ4n) is 3.94. The number of halogens is 3. The molecule has 2 aromatic carbocycles. The van der Waals surface area contributed by atoms with Crippen molar-refractivity contribution in [1.29, 1.82) is 0 Å². The second-order valence-electron chi connectivity index (χ2n) is 7.62. The van der Waals surface area contributed by atoms with E-state index < -0.39 is 0 Å². The lowest BCUT2D eigenvalue weighted by atomic mass is 9.99. The van der Waals surface area contributed by atoms with Crippen LogP contribution in [0.3, 0.4) is 0 Å². The summed E-state index contributed by atoms with van der Waals surface area (Å²) in [5, 5.41) is 1.94. The van der Waals surface area contributed by atoms with Crippen LogP contribution in [0.2, 0.25) is 10.0 Å². The Morgan fingerprint density at radius 1 is 1.00 bits per heavy atom. The highest BCUT2D eigenvalue weighted by molar-refractivity contribution is 7.22. The van der Waals surface area contributed by atoms with E-state index in [0.717, 1.165) is 34.1 Å². The summed E-state index contributed by atoms with van der Waals surface area (Å²) in [4.78, 5) is 23.7. The van der Waals surface area contributed by atoms with E-state index in [9.17, 15) is 9.18 Å². The van der Waals surface area contributed by atoms with Crippen LogP contribution in [0.4, 0.5) is 15.2 Å². The predicted molar refractivity (Wildman–Crippen MR) is 121 cm³/mol. The molecule has 0 atom stereocenters. The number of thiazole rings is 1. The van der Waals surface area contributed by atoms with E-state index in [2.05, 4.69) is 14.8 Å². The lowest BCUT2D eigenvalue weighted by Gasteiger charge is -2.43. The molecule has 0 unspecified atom stereocenters. The van der Waals surface area contributed by atoms with Crippen LogP contribution in [-0.2, 0) is 4.79 Å². The van der Waals surface area contributed by atoms with Gasteiger partial charge in [-0.2, -0.15) is 0 Å². The number of fused-ring (bicyclic) bond motifs is 1. The van der Waals surface area contributed by atoms with Gasteiger partial charge in [0.1, 0.15) is 5.82 Å². The topological polar surface area (TPSA) is 39.7 Å². The van der Waals surface area contributed by atoms with Crippen LogP contribution >= 0.6 is 34.5 Å². The van der Waals surface area contributed by atoms with E-state index in [1.54, 1.807) is 12.1 Å². The summed E-state index contributed by atoms with van der Waals surface area (Å²) in [5.74, 6) is -0.0631. The molecule has 2 fully saturated rings. The predicted octanol–water partition coefficient (Wildman–Crippen LogP) is 4.53. The second-order valence-corrected chi connectivity index (χ2v) is 9.44. The summed E-state index contributed by atoms with van der Waals surface area (Å²) in [7, 11) is 0. The van der Waals surface area contributed by atoms with Gasteiger partial charge in [0.25, 0.3) is 0 Å². The van der Waals surface area contributed by atoms with E-state index >= 15 is 0 Å². The minimum atomic E-state index is -0.255. The Bertz CT molecular complexity index is 1110. The molecule has 5 rings (SSSR count). The Labute approximate surface area is 187 Å². The molecule has 1 amide bonds. The number of benzene rings is 2. The van der Waals surface area contributed by atoms with Crippen molar-refractivity contribution in [1.82, 2.24) is 9.88 Å². The summed E-state index contributed by atoms with van der Waals surface area (Å²) in [6.45, 7) is 4.24. The third-order valence-electron chi connectivity index (χ3n) is 5.70. The van der Waals surface area contributed by atoms with Crippen molar-refractivity contribution in [3.05, 3.63) is 52.3 Å². The molecule has 0 bridgehead atoms. The van der Waals surface area contributed by atoms with Crippen molar-refractivity contribution in [2.24, 2.45) is 5.92 Å².